The molecule has 2 aromatic rings. The Morgan fingerprint density at radius 3 is 2.29 bits per heavy atom. The molecule has 4 nitrogen and oxygen atoms in total. The average Bonchev–Trinajstić information content (AvgIpc) is 2.48. The van der Waals surface area contributed by atoms with Crippen molar-refractivity contribution < 1.29 is 17.3 Å². The maximum absolute atomic E-state index is 12.2. The van der Waals surface area contributed by atoms with E-state index in [9.17, 15) is 8.42 Å². The monoisotopic (exact) mass is 306 g/mol. The molecule has 0 amide bonds. The largest absolute Gasteiger partial charge is 0.497 e. The van der Waals surface area contributed by atoms with Crippen molar-refractivity contribution in [1.82, 2.24) is 0 Å². The molecule has 0 radical (unpaired) electrons. The van der Waals surface area contributed by atoms with E-state index < -0.39 is 10.1 Å². The Morgan fingerprint density at radius 1 is 1.00 bits per heavy atom. The predicted octanol–water partition coefficient (Wildman–Crippen LogP) is 3.42. The van der Waals surface area contributed by atoms with Crippen LogP contribution < -0.4 is 8.92 Å². The van der Waals surface area contributed by atoms with Crippen molar-refractivity contribution in [2.24, 2.45) is 0 Å². The fraction of sp³-hybridized carbons (Fsp3) is 0.250. The molecule has 0 fully saturated rings. The summed E-state index contributed by atoms with van der Waals surface area (Å²) in [6, 6.07) is 13.3. The Balaban J connectivity index is 2.21. The Bertz CT molecular complexity index is 690. The van der Waals surface area contributed by atoms with E-state index in [1.54, 1.807) is 30.3 Å². The number of hydrogen-bond acceptors (Lipinski definition) is 4. The minimum atomic E-state index is -3.83. The fourth-order valence-electron chi connectivity index (χ4n) is 1.94. The van der Waals surface area contributed by atoms with Crippen LogP contribution in [-0.2, 0) is 16.5 Å². The van der Waals surface area contributed by atoms with Crippen LogP contribution in [0.3, 0.4) is 0 Å². The lowest BCUT2D eigenvalue weighted by Gasteiger charge is -2.08. The fourth-order valence-corrected chi connectivity index (χ4v) is 2.86. The molecular formula is C16H18O4S. The van der Waals surface area contributed by atoms with Crippen molar-refractivity contribution in [3.8, 4) is 11.5 Å². The molecule has 0 aromatic heterocycles. The summed E-state index contributed by atoms with van der Waals surface area (Å²) in [4.78, 5) is 0.144. The number of aryl methyl sites for hydroxylation is 1. The van der Waals surface area contributed by atoms with Gasteiger partial charge in [0.2, 0.25) is 0 Å². The summed E-state index contributed by atoms with van der Waals surface area (Å²) in [5, 5.41) is 0. The zero-order valence-electron chi connectivity index (χ0n) is 12.1. The number of benzene rings is 2. The first-order valence-electron chi connectivity index (χ1n) is 6.72. The molecule has 0 spiro atoms. The molecule has 0 atom stereocenters. The Morgan fingerprint density at radius 2 is 1.67 bits per heavy atom. The van der Waals surface area contributed by atoms with Gasteiger partial charge >= 0.3 is 10.1 Å². The standard InChI is InChI=1S/C16H18O4S/c1-3-5-13-8-10-16(11-9-13)21(17,18)20-15-7-4-6-14(12-15)19-2/h4,6-12H,3,5H2,1-2H3. The van der Waals surface area contributed by atoms with Gasteiger partial charge < -0.3 is 8.92 Å². The highest BCUT2D eigenvalue weighted by molar-refractivity contribution is 7.87. The van der Waals surface area contributed by atoms with Gasteiger partial charge in [-0.25, -0.2) is 0 Å². The molecule has 5 heteroatoms. The van der Waals surface area contributed by atoms with Gasteiger partial charge in [-0.1, -0.05) is 31.5 Å². The zero-order valence-corrected chi connectivity index (χ0v) is 12.9. The van der Waals surface area contributed by atoms with Crippen LogP contribution in [0, 0.1) is 0 Å². The first-order valence-corrected chi connectivity index (χ1v) is 8.13. The Hall–Kier alpha value is -2.01. The number of rotatable bonds is 6. The van der Waals surface area contributed by atoms with Crippen LogP contribution in [0.2, 0.25) is 0 Å². The van der Waals surface area contributed by atoms with E-state index in [0.29, 0.717) is 5.75 Å². The van der Waals surface area contributed by atoms with Crippen LogP contribution in [0.1, 0.15) is 18.9 Å². The molecule has 0 saturated heterocycles. The van der Waals surface area contributed by atoms with Gasteiger partial charge in [0.1, 0.15) is 16.4 Å². The van der Waals surface area contributed by atoms with E-state index in [-0.39, 0.29) is 10.6 Å². The van der Waals surface area contributed by atoms with Crippen LogP contribution in [0.5, 0.6) is 11.5 Å². The summed E-state index contributed by atoms with van der Waals surface area (Å²) in [5.74, 6) is 0.771. The second-order valence-electron chi connectivity index (χ2n) is 4.61. The minimum absolute atomic E-state index is 0.144. The van der Waals surface area contributed by atoms with Crippen molar-refractivity contribution in [3.63, 3.8) is 0 Å². The lowest BCUT2D eigenvalue weighted by molar-refractivity contribution is 0.411. The Kier molecular flexibility index (Phi) is 4.85. The third-order valence-corrected chi connectivity index (χ3v) is 4.26. The molecule has 21 heavy (non-hydrogen) atoms. The SMILES string of the molecule is CCCc1ccc(S(=O)(=O)Oc2cccc(OC)c2)cc1. The maximum atomic E-state index is 12.2. The molecular weight excluding hydrogens is 288 g/mol. The topological polar surface area (TPSA) is 52.6 Å². The molecule has 0 unspecified atom stereocenters. The molecule has 2 rings (SSSR count). The molecule has 2 aromatic carbocycles. The smallest absolute Gasteiger partial charge is 0.339 e. The summed E-state index contributed by atoms with van der Waals surface area (Å²) in [6.45, 7) is 2.08. The first kappa shape index (κ1) is 15.4. The van der Waals surface area contributed by atoms with Gasteiger partial charge in [-0.2, -0.15) is 8.42 Å². The summed E-state index contributed by atoms with van der Waals surface area (Å²) in [7, 11) is -2.31. The molecule has 0 N–H and O–H groups in total. The van der Waals surface area contributed by atoms with Gasteiger partial charge in [-0.05, 0) is 36.2 Å². The van der Waals surface area contributed by atoms with Gasteiger partial charge in [-0.3, -0.25) is 0 Å². The summed E-state index contributed by atoms with van der Waals surface area (Å²) < 4.78 is 34.6. The highest BCUT2D eigenvalue weighted by Gasteiger charge is 2.16. The number of ether oxygens (including phenoxy) is 1. The predicted molar refractivity (Wildman–Crippen MR) is 81.2 cm³/mol. The van der Waals surface area contributed by atoms with Gasteiger partial charge in [0.25, 0.3) is 0 Å². The van der Waals surface area contributed by atoms with Crippen molar-refractivity contribution >= 4 is 10.1 Å². The van der Waals surface area contributed by atoms with Crippen LogP contribution in [0.15, 0.2) is 53.4 Å². The summed E-state index contributed by atoms with van der Waals surface area (Å²) in [5.41, 5.74) is 1.11. The lowest BCUT2D eigenvalue weighted by Crippen LogP contribution is -2.09. The number of methoxy groups -OCH3 is 1. The van der Waals surface area contributed by atoms with E-state index >= 15 is 0 Å². The average molecular weight is 306 g/mol. The third kappa shape index (κ3) is 3.98. The van der Waals surface area contributed by atoms with Crippen LogP contribution in [0.25, 0.3) is 0 Å². The summed E-state index contributed by atoms with van der Waals surface area (Å²) in [6.07, 6.45) is 1.95. The molecule has 0 saturated carbocycles. The number of hydrogen-bond donors (Lipinski definition) is 0. The first-order chi connectivity index (χ1) is 10.0. The minimum Gasteiger partial charge on any atom is -0.497 e. The van der Waals surface area contributed by atoms with Crippen LogP contribution in [0.4, 0.5) is 0 Å². The lowest BCUT2D eigenvalue weighted by atomic mass is 10.1. The van der Waals surface area contributed by atoms with Crippen molar-refractivity contribution in [1.29, 1.82) is 0 Å². The van der Waals surface area contributed by atoms with E-state index in [4.69, 9.17) is 8.92 Å². The zero-order chi connectivity index (χ0) is 15.3. The van der Waals surface area contributed by atoms with Crippen LogP contribution in [-0.4, -0.2) is 15.5 Å². The highest BCUT2D eigenvalue weighted by Crippen LogP contribution is 2.23. The van der Waals surface area contributed by atoms with Gasteiger partial charge in [0, 0.05) is 6.07 Å². The second kappa shape index (κ2) is 6.63. The second-order valence-corrected chi connectivity index (χ2v) is 6.16. The van der Waals surface area contributed by atoms with Crippen molar-refractivity contribution in [2.75, 3.05) is 7.11 Å². The molecule has 0 heterocycles. The van der Waals surface area contributed by atoms with Crippen LogP contribution >= 0.6 is 0 Å². The molecule has 0 aliphatic rings. The highest BCUT2D eigenvalue weighted by atomic mass is 32.2. The molecule has 112 valence electrons. The van der Waals surface area contributed by atoms with Gasteiger partial charge in [0.05, 0.1) is 7.11 Å². The quantitative estimate of drug-likeness (QED) is 0.767. The van der Waals surface area contributed by atoms with E-state index in [1.165, 1.54) is 13.2 Å². The normalized spacial score (nSPS) is 11.1. The van der Waals surface area contributed by atoms with Gasteiger partial charge in [-0.15, -0.1) is 0 Å². The van der Waals surface area contributed by atoms with Crippen molar-refractivity contribution in [2.45, 2.75) is 24.7 Å². The molecule has 0 aliphatic heterocycles. The van der Waals surface area contributed by atoms with E-state index in [0.717, 1.165) is 18.4 Å². The van der Waals surface area contributed by atoms with E-state index in [2.05, 4.69) is 6.92 Å². The van der Waals surface area contributed by atoms with E-state index in [1.807, 2.05) is 12.1 Å². The third-order valence-electron chi connectivity index (χ3n) is 3.00. The Labute approximate surface area is 125 Å². The molecule has 0 bridgehead atoms. The molecule has 0 aliphatic carbocycles. The van der Waals surface area contributed by atoms with Gasteiger partial charge in [0.15, 0.2) is 0 Å². The maximum Gasteiger partial charge on any atom is 0.339 e. The summed E-state index contributed by atoms with van der Waals surface area (Å²) >= 11 is 0. The van der Waals surface area contributed by atoms with Crippen molar-refractivity contribution in [3.05, 3.63) is 54.1 Å².